The van der Waals surface area contributed by atoms with Crippen LogP contribution in [0.25, 0.3) is 0 Å². The number of rotatable bonds is 8. The van der Waals surface area contributed by atoms with Gasteiger partial charge in [-0.1, -0.05) is 37.9 Å². The summed E-state index contributed by atoms with van der Waals surface area (Å²) in [6, 6.07) is 8.16. The largest absolute Gasteiger partial charge is 0.497 e. The van der Waals surface area contributed by atoms with E-state index in [0.29, 0.717) is 11.2 Å². The summed E-state index contributed by atoms with van der Waals surface area (Å²) in [6.07, 6.45) is 7.17. The smallest absolute Gasteiger partial charge is 0.225 e. The third kappa shape index (κ3) is 7.07. The minimum Gasteiger partial charge on any atom is -0.497 e. The van der Waals surface area contributed by atoms with Crippen LogP contribution in [0.15, 0.2) is 46.5 Å². The van der Waals surface area contributed by atoms with Gasteiger partial charge < -0.3 is 4.74 Å². The molecule has 3 unspecified atom stereocenters. The molecule has 1 aliphatic carbocycles. The normalized spacial score (nSPS) is 22.6. The van der Waals surface area contributed by atoms with Crippen molar-refractivity contribution in [1.29, 1.82) is 0 Å². The highest BCUT2D eigenvalue weighted by Gasteiger charge is 2.24. The predicted octanol–water partition coefficient (Wildman–Crippen LogP) is 4.66. The maximum Gasteiger partial charge on any atom is 0.225 e. The second-order valence-corrected chi connectivity index (χ2v) is 10.3. The van der Waals surface area contributed by atoms with Crippen molar-refractivity contribution in [2.24, 2.45) is 21.2 Å². The molecule has 1 aromatic carbocycles. The quantitative estimate of drug-likeness (QED) is 0.185. The molecule has 2 aliphatic rings. The average Bonchev–Trinajstić information content (AvgIpc) is 3.27. The Labute approximate surface area is 199 Å². The Morgan fingerprint density at radius 3 is 2.71 bits per heavy atom. The Bertz CT molecular complexity index is 800. The molecule has 9 heteroatoms. The third-order valence-corrected chi connectivity index (χ3v) is 7.25. The molecule has 0 spiro atoms. The van der Waals surface area contributed by atoms with Gasteiger partial charge in [-0.2, -0.15) is 5.10 Å². The van der Waals surface area contributed by atoms with Crippen molar-refractivity contribution in [3.05, 3.63) is 42.0 Å². The minimum absolute atomic E-state index is 0.118. The molecule has 1 aromatic rings. The molecule has 0 fully saturated rings. The summed E-state index contributed by atoms with van der Waals surface area (Å²) in [6.45, 7) is 5.14. The van der Waals surface area contributed by atoms with Crippen LogP contribution in [0.1, 0.15) is 38.7 Å². The first-order chi connectivity index (χ1) is 15.0. The van der Waals surface area contributed by atoms with Gasteiger partial charge in [-0.15, -0.1) is 11.6 Å². The second-order valence-electron chi connectivity index (χ2n) is 7.98. The first-order valence-corrected chi connectivity index (χ1v) is 13.0. The van der Waals surface area contributed by atoms with Crippen molar-refractivity contribution < 1.29 is 4.74 Å². The van der Waals surface area contributed by atoms with Gasteiger partial charge in [-0.05, 0) is 60.5 Å². The zero-order valence-electron chi connectivity index (χ0n) is 18.3. The number of hydrogen-bond acceptors (Lipinski definition) is 6. The van der Waals surface area contributed by atoms with Gasteiger partial charge in [-0.3, -0.25) is 9.86 Å². The molecular weight excluding hydrogens is 450 g/mol. The van der Waals surface area contributed by atoms with Crippen LogP contribution in [-0.4, -0.2) is 52.8 Å². The fraction of sp³-hybridized carbons (Fsp3) is 0.545. The van der Waals surface area contributed by atoms with E-state index in [0.717, 1.165) is 54.5 Å². The highest BCUT2D eigenvalue weighted by atomic mass is 35.5. The number of guanidine groups is 1. The van der Waals surface area contributed by atoms with Gasteiger partial charge in [0.2, 0.25) is 5.96 Å². The molecule has 0 saturated carbocycles. The number of methoxy groups -OCH3 is 1. The van der Waals surface area contributed by atoms with Crippen LogP contribution in [0, 0.1) is 5.92 Å². The van der Waals surface area contributed by atoms with Crippen molar-refractivity contribution in [3.8, 4) is 5.75 Å². The number of allylic oxidation sites excluding steroid dienone is 1. The Kier molecular flexibility index (Phi) is 9.44. The molecule has 3 atom stereocenters. The molecule has 1 aliphatic heterocycles. The van der Waals surface area contributed by atoms with Gasteiger partial charge in [0, 0.05) is 17.4 Å². The molecule has 0 amide bonds. The van der Waals surface area contributed by atoms with Crippen LogP contribution in [0.4, 0.5) is 0 Å². The summed E-state index contributed by atoms with van der Waals surface area (Å²) in [7, 11) is 1.68. The lowest BCUT2D eigenvalue weighted by Crippen LogP contribution is -2.37. The van der Waals surface area contributed by atoms with E-state index >= 15 is 0 Å². The van der Waals surface area contributed by atoms with Crippen LogP contribution in [-0.2, 0) is 0 Å². The Morgan fingerprint density at radius 1 is 1.32 bits per heavy atom. The summed E-state index contributed by atoms with van der Waals surface area (Å²) >= 11 is 9.20. The van der Waals surface area contributed by atoms with E-state index < -0.39 is 0 Å². The zero-order valence-corrected chi connectivity index (χ0v) is 20.7. The number of aliphatic imine (C=N–C) groups is 1. The number of nitrogens with two attached hydrogens (primary N) is 1. The number of alkyl halides is 1. The summed E-state index contributed by atoms with van der Waals surface area (Å²) in [5, 5.41) is 13.2. The SMILES string of the molecule is COc1ccc(C2=NN(C(=NC(CSN)C(C)C)NSC3C=CC(Cl)CC3)CC2)cc1. The van der Waals surface area contributed by atoms with Crippen molar-refractivity contribution in [3.63, 3.8) is 0 Å². The van der Waals surface area contributed by atoms with E-state index in [4.69, 9.17) is 31.6 Å². The summed E-state index contributed by atoms with van der Waals surface area (Å²) in [5.74, 6) is 2.80. The fourth-order valence-electron chi connectivity index (χ4n) is 3.36. The number of hydrazone groups is 1. The number of benzene rings is 1. The zero-order chi connectivity index (χ0) is 22.2. The van der Waals surface area contributed by atoms with E-state index in [9.17, 15) is 0 Å². The molecule has 3 rings (SSSR count). The predicted molar refractivity (Wildman–Crippen MR) is 136 cm³/mol. The van der Waals surface area contributed by atoms with Gasteiger partial charge >= 0.3 is 0 Å². The molecule has 0 bridgehead atoms. The summed E-state index contributed by atoms with van der Waals surface area (Å²) in [4.78, 5) is 5.03. The molecule has 1 heterocycles. The first-order valence-electron chi connectivity index (χ1n) is 10.6. The lowest BCUT2D eigenvalue weighted by Gasteiger charge is -2.24. The monoisotopic (exact) mass is 481 g/mol. The van der Waals surface area contributed by atoms with Crippen molar-refractivity contribution in [2.45, 2.75) is 49.8 Å². The van der Waals surface area contributed by atoms with Crippen LogP contribution in [0.5, 0.6) is 5.75 Å². The second kappa shape index (κ2) is 12.0. The minimum atomic E-state index is 0.118. The molecule has 0 saturated heterocycles. The van der Waals surface area contributed by atoms with Crippen LogP contribution in [0.3, 0.4) is 0 Å². The average molecular weight is 482 g/mol. The number of nitrogens with zero attached hydrogens (tertiary/aromatic N) is 3. The van der Waals surface area contributed by atoms with Gasteiger partial charge in [0.25, 0.3) is 0 Å². The Morgan fingerprint density at radius 2 is 2.10 bits per heavy atom. The van der Waals surface area contributed by atoms with Gasteiger partial charge in [-0.25, -0.2) is 10.0 Å². The van der Waals surface area contributed by atoms with Gasteiger partial charge in [0.05, 0.1) is 30.8 Å². The number of nitrogens with one attached hydrogen (secondary N) is 1. The van der Waals surface area contributed by atoms with Crippen molar-refractivity contribution >= 4 is 47.2 Å². The summed E-state index contributed by atoms with van der Waals surface area (Å²) < 4.78 is 8.77. The fourth-order valence-corrected chi connectivity index (χ4v) is 5.07. The molecule has 0 radical (unpaired) electrons. The van der Waals surface area contributed by atoms with Gasteiger partial charge in [0.15, 0.2) is 0 Å². The summed E-state index contributed by atoms with van der Waals surface area (Å²) in [5.41, 5.74) is 2.16. The van der Waals surface area contributed by atoms with Crippen molar-refractivity contribution in [2.75, 3.05) is 19.4 Å². The number of hydrogen-bond donors (Lipinski definition) is 2. The number of halogens is 1. The van der Waals surface area contributed by atoms with E-state index in [1.807, 2.05) is 17.1 Å². The lowest BCUT2D eigenvalue weighted by molar-refractivity contribution is 0.415. The molecule has 0 aromatic heterocycles. The van der Waals surface area contributed by atoms with E-state index in [2.05, 4.69) is 42.9 Å². The number of ether oxygens (including phenoxy) is 1. The van der Waals surface area contributed by atoms with E-state index in [1.54, 1.807) is 19.1 Å². The first kappa shape index (κ1) is 24.3. The molecule has 31 heavy (non-hydrogen) atoms. The van der Waals surface area contributed by atoms with Crippen molar-refractivity contribution in [1.82, 2.24) is 9.73 Å². The molecular formula is C22H32ClN5OS2. The molecule has 3 N–H and O–H groups in total. The van der Waals surface area contributed by atoms with Crippen LogP contribution in [0.2, 0.25) is 0 Å². The van der Waals surface area contributed by atoms with Crippen LogP contribution < -0.4 is 14.6 Å². The standard InChI is InChI=1S/C22H32ClN5OS2/c1-15(2)21(14-30-24)25-22(27-31-19-10-6-17(23)7-11-19)28-13-12-20(26-28)16-4-8-18(29-3)9-5-16/h4-6,8-10,15,17,19,21H,7,11-14,24H2,1-3H3,(H,25,27). The lowest BCUT2D eigenvalue weighted by atomic mass is 10.1. The Balaban J connectivity index is 1.77. The van der Waals surface area contributed by atoms with Crippen LogP contribution >= 0.6 is 35.5 Å². The third-order valence-electron chi connectivity index (χ3n) is 5.36. The topological polar surface area (TPSA) is 75.2 Å². The van der Waals surface area contributed by atoms with Gasteiger partial charge in [0.1, 0.15) is 5.75 Å². The van der Waals surface area contributed by atoms with E-state index in [1.165, 1.54) is 11.9 Å². The molecule has 170 valence electrons. The maximum atomic E-state index is 6.19. The maximum absolute atomic E-state index is 6.19. The highest BCUT2D eigenvalue weighted by Crippen LogP contribution is 2.25. The van der Waals surface area contributed by atoms with E-state index in [-0.39, 0.29) is 11.4 Å². The Hall–Kier alpha value is -1.35. The highest BCUT2D eigenvalue weighted by molar-refractivity contribution is 7.98. The molecule has 6 nitrogen and oxygen atoms in total.